The van der Waals surface area contributed by atoms with Crippen LogP contribution in [-0.4, -0.2) is 23.3 Å². The van der Waals surface area contributed by atoms with Crippen molar-refractivity contribution in [1.29, 1.82) is 0 Å². The fourth-order valence-corrected chi connectivity index (χ4v) is 3.22. The molecule has 7 nitrogen and oxygen atoms in total. The number of nitro benzene ring substituents is 1. The quantitative estimate of drug-likeness (QED) is 0.661. The molecule has 1 aliphatic heterocycles. The molecule has 0 aliphatic carbocycles. The van der Waals surface area contributed by atoms with E-state index >= 15 is 0 Å². The lowest BCUT2D eigenvalue weighted by Crippen LogP contribution is -2.28. The molecule has 1 aliphatic rings. The monoisotopic (exact) mass is 367 g/mol. The van der Waals surface area contributed by atoms with Crippen molar-refractivity contribution in [2.75, 3.05) is 16.8 Å². The molecule has 0 radical (unpaired) electrons. The van der Waals surface area contributed by atoms with Crippen molar-refractivity contribution in [3.8, 4) is 0 Å². The summed E-state index contributed by atoms with van der Waals surface area (Å²) in [5.41, 5.74) is 3.73. The highest BCUT2D eigenvalue weighted by atomic mass is 16.6. The van der Waals surface area contributed by atoms with Gasteiger partial charge in [0.1, 0.15) is 0 Å². The third kappa shape index (κ3) is 3.67. The third-order valence-corrected chi connectivity index (χ3v) is 5.06. The maximum Gasteiger partial charge on any atom is 0.274 e. The van der Waals surface area contributed by atoms with Crippen molar-refractivity contribution in [3.63, 3.8) is 0 Å². The summed E-state index contributed by atoms with van der Waals surface area (Å²) in [4.78, 5) is 37.2. The van der Waals surface area contributed by atoms with Crippen LogP contribution in [0.5, 0.6) is 0 Å². The molecule has 140 valence electrons. The summed E-state index contributed by atoms with van der Waals surface area (Å²) in [6.07, 6.45) is 0.0817. The lowest BCUT2D eigenvalue weighted by Gasteiger charge is -2.17. The van der Waals surface area contributed by atoms with E-state index in [-0.39, 0.29) is 30.5 Å². The van der Waals surface area contributed by atoms with Gasteiger partial charge in [-0.25, -0.2) is 0 Å². The van der Waals surface area contributed by atoms with Crippen LogP contribution in [0.2, 0.25) is 0 Å². The van der Waals surface area contributed by atoms with E-state index in [1.807, 2.05) is 32.0 Å². The zero-order chi connectivity index (χ0) is 19.7. The standard InChI is InChI=1S/C20H21N3O4/c1-12-5-4-6-17(14(12)3)21-20(25)15-9-19(24)22(11-15)16-8-7-13(2)18(10-16)23(26)27/h4-8,10,15H,9,11H2,1-3H3,(H,21,25)/t15-/m0/s1. The summed E-state index contributed by atoms with van der Waals surface area (Å²) in [5, 5.41) is 14.0. The number of carbonyl (C=O) groups excluding carboxylic acids is 2. The van der Waals surface area contributed by atoms with Gasteiger partial charge in [-0.15, -0.1) is 0 Å². The van der Waals surface area contributed by atoms with Crippen LogP contribution in [0.1, 0.15) is 23.1 Å². The predicted molar refractivity (Wildman–Crippen MR) is 103 cm³/mol. The van der Waals surface area contributed by atoms with E-state index in [1.165, 1.54) is 11.0 Å². The Labute approximate surface area is 157 Å². The summed E-state index contributed by atoms with van der Waals surface area (Å²) in [6.45, 7) is 5.75. The zero-order valence-electron chi connectivity index (χ0n) is 15.5. The number of hydrogen-bond donors (Lipinski definition) is 1. The minimum absolute atomic E-state index is 0.0383. The van der Waals surface area contributed by atoms with Gasteiger partial charge in [0.25, 0.3) is 5.69 Å². The van der Waals surface area contributed by atoms with Crippen molar-refractivity contribution in [1.82, 2.24) is 0 Å². The van der Waals surface area contributed by atoms with Crippen molar-refractivity contribution < 1.29 is 14.5 Å². The number of nitrogens with zero attached hydrogens (tertiary/aromatic N) is 2. The largest absolute Gasteiger partial charge is 0.326 e. The highest BCUT2D eigenvalue weighted by Crippen LogP contribution is 2.30. The van der Waals surface area contributed by atoms with E-state index in [2.05, 4.69) is 5.32 Å². The highest BCUT2D eigenvalue weighted by Gasteiger charge is 2.36. The summed E-state index contributed by atoms with van der Waals surface area (Å²) in [7, 11) is 0. The van der Waals surface area contributed by atoms with Gasteiger partial charge >= 0.3 is 0 Å². The van der Waals surface area contributed by atoms with Gasteiger partial charge in [0, 0.05) is 30.3 Å². The Morgan fingerprint density at radius 3 is 2.63 bits per heavy atom. The fourth-order valence-electron chi connectivity index (χ4n) is 3.22. The number of anilines is 2. The lowest BCUT2D eigenvalue weighted by atomic mass is 10.1. The maximum absolute atomic E-state index is 12.6. The molecule has 3 rings (SSSR count). The van der Waals surface area contributed by atoms with E-state index in [0.29, 0.717) is 11.3 Å². The van der Waals surface area contributed by atoms with Crippen LogP contribution in [0.15, 0.2) is 36.4 Å². The van der Waals surface area contributed by atoms with Crippen LogP contribution in [0, 0.1) is 36.8 Å². The van der Waals surface area contributed by atoms with Crippen molar-refractivity contribution >= 4 is 28.9 Å². The first-order valence-corrected chi connectivity index (χ1v) is 8.70. The predicted octanol–water partition coefficient (Wildman–Crippen LogP) is 3.51. The molecule has 1 fully saturated rings. The molecule has 2 amide bonds. The molecule has 7 heteroatoms. The van der Waals surface area contributed by atoms with Gasteiger partial charge in [0.05, 0.1) is 16.5 Å². The van der Waals surface area contributed by atoms with Gasteiger partial charge in [-0.2, -0.15) is 0 Å². The number of rotatable bonds is 4. The van der Waals surface area contributed by atoms with Gasteiger partial charge in [-0.1, -0.05) is 18.2 Å². The number of benzene rings is 2. The molecular formula is C20H21N3O4. The van der Waals surface area contributed by atoms with Crippen LogP contribution < -0.4 is 10.2 Å². The zero-order valence-corrected chi connectivity index (χ0v) is 15.5. The van der Waals surface area contributed by atoms with Crippen molar-refractivity contribution in [2.24, 2.45) is 5.92 Å². The van der Waals surface area contributed by atoms with E-state index in [1.54, 1.807) is 19.1 Å². The Balaban J connectivity index is 1.77. The Morgan fingerprint density at radius 1 is 1.19 bits per heavy atom. The first kappa shape index (κ1) is 18.6. The smallest absolute Gasteiger partial charge is 0.274 e. The SMILES string of the molecule is Cc1ccc(N2C[C@@H](C(=O)Nc3cccc(C)c3C)CC2=O)cc1[N+](=O)[O-]. The van der Waals surface area contributed by atoms with Crippen LogP contribution in [0.25, 0.3) is 0 Å². The first-order valence-electron chi connectivity index (χ1n) is 8.70. The summed E-state index contributed by atoms with van der Waals surface area (Å²) >= 11 is 0. The molecule has 0 bridgehead atoms. The van der Waals surface area contributed by atoms with Crippen LogP contribution >= 0.6 is 0 Å². The Morgan fingerprint density at radius 2 is 1.93 bits per heavy atom. The second-order valence-corrected chi connectivity index (χ2v) is 6.87. The Kier molecular flexibility index (Phi) is 4.94. The molecule has 1 N–H and O–H groups in total. The van der Waals surface area contributed by atoms with Crippen LogP contribution in [-0.2, 0) is 9.59 Å². The molecule has 2 aromatic carbocycles. The highest BCUT2D eigenvalue weighted by molar-refractivity contribution is 6.03. The van der Waals surface area contributed by atoms with Gasteiger partial charge < -0.3 is 10.2 Å². The average Bonchev–Trinajstić information content (AvgIpc) is 3.01. The summed E-state index contributed by atoms with van der Waals surface area (Å²) < 4.78 is 0. The Hall–Kier alpha value is -3.22. The third-order valence-electron chi connectivity index (χ3n) is 5.06. The minimum Gasteiger partial charge on any atom is -0.326 e. The second-order valence-electron chi connectivity index (χ2n) is 6.87. The Bertz CT molecular complexity index is 939. The number of hydrogen-bond acceptors (Lipinski definition) is 4. The molecule has 1 saturated heterocycles. The van der Waals surface area contributed by atoms with Crippen LogP contribution in [0.3, 0.4) is 0 Å². The average molecular weight is 367 g/mol. The van der Waals surface area contributed by atoms with Crippen LogP contribution in [0.4, 0.5) is 17.1 Å². The molecule has 0 unspecified atom stereocenters. The molecule has 2 aromatic rings. The van der Waals surface area contributed by atoms with E-state index < -0.39 is 10.8 Å². The molecule has 27 heavy (non-hydrogen) atoms. The number of amides is 2. The molecule has 0 saturated carbocycles. The maximum atomic E-state index is 12.6. The molecule has 1 heterocycles. The summed E-state index contributed by atoms with van der Waals surface area (Å²) in [5.74, 6) is -0.937. The summed E-state index contributed by atoms with van der Waals surface area (Å²) in [6, 6.07) is 10.3. The van der Waals surface area contributed by atoms with Crippen molar-refractivity contribution in [2.45, 2.75) is 27.2 Å². The number of aryl methyl sites for hydroxylation is 2. The van der Waals surface area contributed by atoms with E-state index in [0.717, 1.165) is 16.8 Å². The lowest BCUT2D eigenvalue weighted by molar-refractivity contribution is -0.385. The number of carbonyl (C=O) groups is 2. The number of nitrogens with one attached hydrogen (secondary N) is 1. The molecular weight excluding hydrogens is 346 g/mol. The van der Waals surface area contributed by atoms with E-state index in [4.69, 9.17) is 0 Å². The van der Waals surface area contributed by atoms with E-state index in [9.17, 15) is 19.7 Å². The minimum atomic E-state index is -0.502. The fraction of sp³-hybridized carbons (Fsp3) is 0.300. The molecule has 0 spiro atoms. The normalized spacial score (nSPS) is 16.5. The first-order chi connectivity index (χ1) is 12.8. The molecule has 0 aromatic heterocycles. The van der Waals surface area contributed by atoms with Gasteiger partial charge in [0.15, 0.2) is 0 Å². The van der Waals surface area contributed by atoms with Gasteiger partial charge in [0.2, 0.25) is 11.8 Å². The number of nitro groups is 1. The second kappa shape index (κ2) is 7.19. The van der Waals surface area contributed by atoms with Gasteiger partial charge in [-0.3, -0.25) is 19.7 Å². The van der Waals surface area contributed by atoms with Crippen molar-refractivity contribution in [3.05, 3.63) is 63.2 Å². The topological polar surface area (TPSA) is 92.6 Å². The molecule has 1 atom stereocenters. The van der Waals surface area contributed by atoms with Gasteiger partial charge in [-0.05, 0) is 44.0 Å².